The van der Waals surface area contributed by atoms with Crippen molar-refractivity contribution < 1.29 is 14.7 Å². The molecule has 0 aromatic heterocycles. The number of nitriles is 1. The molecule has 1 unspecified atom stereocenters. The highest BCUT2D eigenvalue weighted by Gasteiger charge is 2.37. The molecule has 0 saturated carbocycles. The minimum atomic E-state index is -1.95. The zero-order chi connectivity index (χ0) is 20.9. The first-order chi connectivity index (χ1) is 14.0. The van der Waals surface area contributed by atoms with Gasteiger partial charge in [0.25, 0.3) is 11.8 Å². The van der Waals surface area contributed by atoms with Crippen LogP contribution in [0, 0.1) is 11.3 Å². The van der Waals surface area contributed by atoms with Crippen LogP contribution in [-0.4, -0.2) is 16.9 Å². The normalized spacial score (nSPS) is 12.4. The summed E-state index contributed by atoms with van der Waals surface area (Å²) in [5.74, 6) is -1.23. The molecule has 0 fully saturated rings. The Labute approximate surface area is 168 Å². The van der Waals surface area contributed by atoms with Gasteiger partial charge in [-0.15, -0.1) is 0 Å². The summed E-state index contributed by atoms with van der Waals surface area (Å²) in [5.41, 5.74) is 5.62. The molecule has 0 heterocycles. The van der Waals surface area contributed by atoms with Gasteiger partial charge in [0, 0.05) is 6.54 Å². The Balaban J connectivity index is 1.77. The van der Waals surface area contributed by atoms with Gasteiger partial charge in [-0.2, -0.15) is 5.26 Å². The topological polar surface area (TPSA) is 116 Å². The van der Waals surface area contributed by atoms with E-state index in [1.165, 1.54) is 0 Å². The Morgan fingerprint density at radius 3 is 2.14 bits per heavy atom. The van der Waals surface area contributed by atoms with E-state index in [0.717, 1.165) is 5.56 Å². The first kappa shape index (κ1) is 19.8. The second-order valence-electron chi connectivity index (χ2n) is 6.48. The lowest BCUT2D eigenvalue weighted by atomic mass is 9.85. The summed E-state index contributed by atoms with van der Waals surface area (Å²) >= 11 is 0. The van der Waals surface area contributed by atoms with Crippen molar-refractivity contribution in [3.63, 3.8) is 0 Å². The highest BCUT2D eigenvalue weighted by atomic mass is 16.3. The van der Waals surface area contributed by atoms with Gasteiger partial charge >= 0.3 is 0 Å². The third kappa shape index (κ3) is 4.00. The number of benzene rings is 3. The van der Waals surface area contributed by atoms with Crippen molar-refractivity contribution in [2.75, 3.05) is 0 Å². The van der Waals surface area contributed by atoms with E-state index in [0.29, 0.717) is 22.3 Å². The van der Waals surface area contributed by atoms with Crippen LogP contribution in [0.2, 0.25) is 0 Å². The fourth-order valence-corrected chi connectivity index (χ4v) is 3.05. The van der Waals surface area contributed by atoms with Crippen LogP contribution in [-0.2, 0) is 16.9 Å². The Morgan fingerprint density at radius 1 is 0.931 bits per heavy atom. The van der Waals surface area contributed by atoms with Crippen LogP contribution >= 0.6 is 0 Å². The molecular weight excluding hydrogens is 366 g/mol. The van der Waals surface area contributed by atoms with Gasteiger partial charge in [-0.25, -0.2) is 0 Å². The van der Waals surface area contributed by atoms with Gasteiger partial charge in [0.05, 0.1) is 17.2 Å². The molecule has 0 aliphatic carbocycles. The van der Waals surface area contributed by atoms with Crippen LogP contribution in [0.3, 0.4) is 0 Å². The summed E-state index contributed by atoms with van der Waals surface area (Å²) in [5, 5.41) is 22.8. The number of carbonyl (C=O) groups excluding carboxylic acids is 2. The van der Waals surface area contributed by atoms with Gasteiger partial charge in [0.2, 0.25) is 0 Å². The smallest absolute Gasteiger partial charge is 0.258 e. The summed E-state index contributed by atoms with van der Waals surface area (Å²) < 4.78 is 0. The first-order valence-electron chi connectivity index (χ1n) is 8.91. The minimum Gasteiger partial charge on any atom is -0.372 e. The van der Waals surface area contributed by atoms with Crippen molar-refractivity contribution in [1.82, 2.24) is 5.32 Å². The Bertz CT molecular complexity index is 1070. The molecule has 2 amide bonds. The van der Waals surface area contributed by atoms with E-state index in [1.54, 1.807) is 78.9 Å². The lowest BCUT2D eigenvalue weighted by molar-refractivity contribution is -0.133. The molecule has 6 nitrogen and oxygen atoms in total. The molecule has 4 N–H and O–H groups in total. The van der Waals surface area contributed by atoms with Crippen molar-refractivity contribution in [3.8, 4) is 6.07 Å². The number of carbonyl (C=O) groups is 2. The van der Waals surface area contributed by atoms with E-state index < -0.39 is 11.5 Å². The quantitative estimate of drug-likeness (QED) is 0.603. The lowest BCUT2D eigenvalue weighted by Crippen LogP contribution is -2.42. The molecule has 144 valence electrons. The monoisotopic (exact) mass is 385 g/mol. The van der Waals surface area contributed by atoms with Gasteiger partial charge < -0.3 is 16.2 Å². The highest BCUT2D eigenvalue weighted by molar-refractivity contribution is 5.96. The predicted octanol–water partition coefficient (Wildman–Crippen LogP) is 2.21. The molecule has 6 heteroatoms. The summed E-state index contributed by atoms with van der Waals surface area (Å²) in [6, 6.07) is 23.6. The number of nitrogens with zero attached hydrogens (tertiary/aromatic N) is 1. The minimum absolute atomic E-state index is 0.221. The van der Waals surface area contributed by atoms with Gasteiger partial charge in [0.1, 0.15) is 0 Å². The van der Waals surface area contributed by atoms with Gasteiger partial charge in [-0.1, -0.05) is 66.7 Å². The van der Waals surface area contributed by atoms with Crippen molar-refractivity contribution in [3.05, 3.63) is 107 Å². The molecule has 29 heavy (non-hydrogen) atoms. The van der Waals surface area contributed by atoms with Crippen LogP contribution in [0.15, 0.2) is 78.9 Å². The van der Waals surface area contributed by atoms with Crippen LogP contribution in [0.25, 0.3) is 0 Å². The number of amides is 2. The Hall–Kier alpha value is -3.95. The molecule has 0 bridgehead atoms. The number of nitrogens with two attached hydrogens (primary N) is 1. The van der Waals surface area contributed by atoms with Gasteiger partial charge in [-0.05, 0) is 28.8 Å². The fraction of sp³-hybridized carbons (Fsp3) is 0.0870. The van der Waals surface area contributed by atoms with Crippen molar-refractivity contribution in [1.29, 1.82) is 5.26 Å². The molecule has 3 aromatic rings. The largest absolute Gasteiger partial charge is 0.372 e. The predicted molar refractivity (Wildman–Crippen MR) is 107 cm³/mol. The molecule has 1 atom stereocenters. The zero-order valence-corrected chi connectivity index (χ0v) is 15.5. The van der Waals surface area contributed by atoms with E-state index in [4.69, 9.17) is 11.0 Å². The maximum atomic E-state index is 12.3. The van der Waals surface area contributed by atoms with E-state index in [9.17, 15) is 14.7 Å². The van der Waals surface area contributed by atoms with Crippen molar-refractivity contribution in [2.24, 2.45) is 5.73 Å². The van der Waals surface area contributed by atoms with E-state index in [-0.39, 0.29) is 12.5 Å². The summed E-state index contributed by atoms with van der Waals surface area (Å²) in [6.07, 6.45) is 0. The van der Waals surface area contributed by atoms with Gasteiger partial charge in [0.15, 0.2) is 5.60 Å². The summed E-state index contributed by atoms with van der Waals surface area (Å²) in [6.45, 7) is 0.221. The molecule has 0 aliphatic heterocycles. The van der Waals surface area contributed by atoms with Crippen molar-refractivity contribution in [2.45, 2.75) is 12.1 Å². The molecule has 3 aromatic carbocycles. The number of primary amides is 1. The lowest BCUT2D eigenvalue weighted by Gasteiger charge is -2.26. The number of hydrogen-bond acceptors (Lipinski definition) is 4. The molecule has 0 aliphatic rings. The van der Waals surface area contributed by atoms with E-state index in [2.05, 4.69) is 5.32 Å². The Morgan fingerprint density at radius 2 is 1.52 bits per heavy atom. The number of aliphatic hydroxyl groups is 1. The number of hydrogen-bond donors (Lipinski definition) is 3. The standard InChI is InChI=1S/C23H19N3O3/c24-14-17-6-4-5-9-20(17)21(27)26-15-16-10-12-19(13-11-16)23(29,22(25)28)18-7-2-1-3-8-18/h1-13,29H,15H2,(H2,25,28)(H,26,27). The van der Waals surface area contributed by atoms with Crippen LogP contribution in [0.1, 0.15) is 32.6 Å². The van der Waals surface area contributed by atoms with E-state index in [1.807, 2.05) is 6.07 Å². The third-order valence-corrected chi connectivity index (χ3v) is 4.67. The maximum Gasteiger partial charge on any atom is 0.258 e. The van der Waals surface area contributed by atoms with E-state index >= 15 is 0 Å². The molecular formula is C23H19N3O3. The van der Waals surface area contributed by atoms with Crippen molar-refractivity contribution >= 4 is 11.8 Å². The number of nitrogens with one attached hydrogen (secondary N) is 1. The summed E-state index contributed by atoms with van der Waals surface area (Å²) in [7, 11) is 0. The summed E-state index contributed by atoms with van der Waals surface area (Å²) in [4.78, 5) is 24.4. The average Bonchev–Trinajstić information content (AvgIpc) is 2.77. The highest BCUT2D eigenvalue weighted by Crippen LogP contribution is 2.29. The second-order valence-corrected chi connectivity index (χ2v) is 6.48. The molecule has 3 rings (SSSR count). The molecule has 0 saturated heterocycles. The van der Waals surface area contributed by atoms with Crippen LogP contribution in [0.5, 0.6) is 0 Å². The number of rotatable bonds is 6. The van der Waals surface area contributed by atoms with Gasteiger partial charge in [-0.3, -0.25) is 9.59 Å². The zero-order valence-electron chi connectivity index (χ0n) is 15.5. The second kappa shape index (κ2) is 8.38. The SMILES string of the molecule is N#Cc1ccccc1C(=O)NCc1ccc(C(O)(C(N)=O)c2ccccc2)cc1. The maximum absolute atomic E-state index is 12.3. The first-order valence-corrected chi connectivity index (χ1v) is 8.91. The molecule has 0 spiro atoms. The van der Waals surface area contributed by atoms with Crippen LogP contribution < -0.4 is 11.1 Å². The fourth-order valence-electron chi connectivity index (χ4n) is 3.05. The average molecular weight is 385 g/mol. The third-order valence-electron chi connectivity index (χ3n) is 4.67. The Kier molecular flexibility index (Phi) is 5.72. The van der Waals surface area contributed by atoms with Crippen LogP contribution in [0.4, 0.5) is 0 Å². The molecule has 0 radical (unpaired) electrons.